The molecule has 0 spiro atoms. The molecule has 8 nitrogen and oxygen atoms in total. The first-order chi connectivity index (χ1) is 12.4. The maximum atomic E-state index is 12.7. The monoisotopic (exact) mass is 1300 g/mol. The molecule has 31 heavy (non-hydrogen) atoms. The van der Waals surface area contributed by atoms with Crippen LogP contribution in [0.2, 0.25) is 0 Å². The second-order valence-corrected chi connectivity index (χ2v) is 9.08. The normalized spacial score (nSPS) is 36.4. The van der Waals surface area contributed by atoms with Gasteiger partial charge in [-0.1, -0.05) is 20.8 Å². The van der Waals surface area contributed by atoms with Gasteiger partial charge in [-0.25, -0.2) is 4.79 Å². The Balaban J connectivity index is -0.00000196. The number of carbonyl (C=O) groups is 1. The number of rotatable bonds is 4. The third kappa shape index (κ3) is 9.30. The molecule has 1 saturated heterocycles. The molecule has 4 radical (unpaired) electrons. The average molecular weight is 1300 g/mol. The van der Waals surface area contributed by atoms with Crippen LogP contribution in [-0.2, 0) is 14.3 Å². The Morgan fingerprint density at radius 3 is 2.00 bits per heavy atom. The topological polar surface area (TPSA) is 137 Å². The Kier molecular flexibility index (Phi) is 22.0. The number of aliphatic hydroxyl groups is 5. The number of hydrogen-bond donors (Lipinski definition) is 5. The van der Waals surface area contributed by atoms with Gasteiger partial charge in [0, 0.05) is 183 Å². The van der Waals surface area contributed by atoms with E-state index in [9.17, 15) is 30.3 Å². The fourth-order valence-electron chi connectivity index (χ4n) is 4.55. The third-order valence-corrected chi connectivity index (χ3v) is 6.44. The van der Waals surface area contributed by atoms with Crippen LogP contribution in [0, 0.1) is 188 Å². The van der Waals surface area contributed by atoms with E-state index in [2.05, 4.69) is 20.8 Å². The molecule has 0 aromatic rings. The molecule has 1 unspecified atom stereocenters. The molecule has 0 aromatic heterocycles. The van der Waals surface area contributed by atoms with Gasteiger partial charge in [0.1, 0.15) is 23.9 Å². The van der Waals surface area contributed by atoms with Crippen molar-refractivity contribution < 1.29 is 216 Å². The summed E-state index contributed by atoms with van der Waals surface area (Å²) in [5, 5.41) is 51.2. The molecule has 5 N–H and O–H groups in total. The van der Waals surface area contributed by atoms with Gasteiger partial charge in [0.05, 0.1) is 19.8 Å². The summed E-state index contributed by atoms with van der Waals surface area (Å²) in [6, 6.07) is 0. The molecule has 1 aliphatic heterocycles. The molecule has 170 valence electrons. The Morgan fingerprint density at radius 1 is 1.13 bits per heavy atom. The second-order valence-electron chi connectivity index (χ2n) is 9.08. The van der Waals surface area contributed by atoms with Gasteiger partial charge < -0.3 is 35.0 Å². The van der Waals surface area contributed by atoms with Crippen LogP contribution >= 0.6 is 0 Å². The third-order valence-electron chi connectivity index (χ3n) is 6.44. The number of carbonyl (C=O) groups excluding carboxylic acids is 1. The van der Waals surface area contributed by atoms with E-state index in [0.29, 0.717) is 18.8 Å². The van der Waals surface area contributed by atoms with Gasteiger partial charge in [-0.05, 0) is 37.0 Å². The summed E-state index contributed by atoms with van der Waals surface area (Å²) in [4.78, 5) is 12.7. The predicted molar refractivity (Wildman–Crippen MR) is 95.7 cm³/mol. The fraction of sp³-hybridized carbons (Fsp3) is 0.947. The number of esters is 1. The van der Waals surface area contributed by atoms with E-state index in [1.165, 1.54) is 0 Å². The van der Waals surface area contributed by atoms with E-state index in [0.717, 1.165) is 7.11 Å². The molecular weight excluding hydrogens is 1260 g/mol. The van der Waals surface area contributed by atoms with E-state index in [4.69, 9.17) is 9.47 Å². The molecular formula is C19H34Ac4O8. The molecule has 1 aliphatic carbocycles. The Morgan fingerprint density at radius 2 is 1.61 bits per heavy atom. The van der Waals surface area contributed by atoms with Crippen molar-refractivity contribution in [3.8, 4) is 0 Å². The summed E-state index contributed by atoms with van der Waals surface area (Å²) >= 11 is 0. The minimum absolute atomic E-state index is 0. The Bertz CT molecular complexity index is 539. The minimum Gasteiger partial charge on any atom is -0.467 e. The quantitative estimate of drug-likeness (QED) is 0.243. The molecule has 12 heteroatoms. The van der Waals surface area contributed by atoms with E-state index >= 15 is 0 Å². The molecule has 2 fully saturated rings. The Hall–Kier alpha value is 5.00. The van der Waals surface area contributed by atoms with Crippen LogP contribution in [0.1, 0.15) is 52.9 Å². The van der Waals surface area contributed by atoms with Crippen molar-refractivity contribution in [2.45, 2.75) is 88.5 Å². The van der Waals surface area contributed by atoms with Gasteiger partial charge in [-0.2, -0.15) is 0 Å². The predicted octanol–water partition coefficient (Wildman–Crippen LogP) is -0.270. The van der Waals surface area contributed by atoms with Gasteiger partial charge in [0.25, 0.3) is 0 Å². The van der Waals surface area contributed by atoms with Crippen molar-refractivity contribution in [3.63, 3.8) is 0 Å². The first kappa shape index (κ1) is 40.5. The maximum absolute atomic E-state index is 12.7. The summed E-state index contributed by atoms with van der Waals surface area (Å²) in [6.45, 7) is 5.66. The average Bonchev–Trinajstić information content (AvgIpc) is 2.61. The van der Waals surface area contributed by atoms with Crippen LogP contribution in [0.4, 0.5) is 0 Å². The van der Waals surface area contributed by atoms with Gasteiger partial charge in [-0.15, -0.1) is 0 Å². The van der Waals surface area contributed by atoms with Crippen LogP contribution in [0.15, 0.2) is 0 Å². The fourth-order valence-corrected chi connectivity index (χ4v) is 4.55. The van der Waals surface area contributed by atoms with E-state index in [1.54, 1.807) is 0 Å². The van der Waals surface area contributed by atoms with Crippen LogP contribution < -0.4 is 0 Å². The number of methoxy groups -OCH3 is 1. The summed E-state index contributed by atoms with van der Waals surface area (Å²) < 4.78 is 10.7. The molecule has 1 saturated carbocycles. The van der Waals surface area contributed by atoms with Crippen LogP contribution in [0.25, 0.3) is 0 Å². The van der Waals surface area contributed by atoms with E-state index < -0.39 is 48.2 Å². The smallest absolute Gasteiger partial charge is 0.341 e. The summed E-state index contributed by atoms with van der Waals surface area (Å²) in [5.74, 6) is -0.509. The first-order valence-corrected chi connectivity index (χ1v) is 9.55. The first-order valence-electron chi connectivity index (χ1n) is 9.55. The number of ether oxygens (including phenoxy) is 2. The van der Waals surface area contributed by atoms with Crippen LogP contribution in [0.5, 0.6) is 0 Å². The number of aliphatic hydroxyl groups excluding tert-OH is 4. The Labute approximate surface area is 328 Å². The van der Waals surface area contributed by atoms with Gasteiger partial charge >= 0.3 is 5.97 Å². The SMILES string of the molecule is COC(=O)[C@]1(C2(O)CCC(C(C)(C)C)CC2)C[C@@H](O)[C@@H](O)C([C@@H](O)CO)O1.[Ac].[Ac].[Ac].[Ac]. The minimum atomic E-state index is -1.93. The molecule has 2 aliphatic rings. The van der Waals surface area contributed by atoms with Crippen LogP contribution in [-0.4, -0.2) is 80.8 Å². The molecule has 0 bridgehead atoms. The van der Waals surface area contributed by atoms with Gasteiger partial charge in [-0.3, -0.25) is 0 Å². The molecule has 0 aromatic carbocycles. The van der Waals surface area contributed by atoms with Crippen LogP contribution in [0.3, 0.4) is 0 Å². The standard InChI is InChI=1S/C19H34O8.4Ac/c1-17(2,3)11-5-7-18(25,8-6-11)19(16(24)26-4)9-12(21)14(23)15(27-19)13(22)10-20;;;;/h11-15,20-23,25H,5-10H2,1-4H3;;;;/t11?,12-,13+,14-,15?,18?,19+;;;;/m1..../s1. The largest absolute Gasteiger partial charge is 0.467 e. The van der Waals surface area contributed by atoms with Crippen molar-refractivity contribution in [2.24, 2.45) is 11.3 Å². The van der Waals surface area contributed by atoms with Gasteiger partial charge in [0.15, 0.2) is 5.60 Å². The molecule has 5 atom stereocenters. The number of hydrogen-bond acceptors (Lipinski definition) is 8. The van der Waals surface area contributed by atoms with Crippen molar-refractivity contribution in [1.82, 2.24) is 0 Å². The molecule has 1 heterocycles. The van der Waals surface area contributed by atoms with Crippen molar-refractivity contribution in [1.29, 1.82) is 0 Å². The zero-order valence-corrected chi connectivity index (χ0v) is 37.9. The summed E-state index contributed by atoms with van der Waals surface area (Å²) in [7, 11) is 1.16. The maximum Gasteiger partial charge on any atom is 0.341 e. The van der Waals surface area contributed by atoms with E-state index in [1.807, 2.05) is 0 Å². The van der Waals surface area contributed by atoms with Crippen molar-refractivity contribution in [3.05, 3.63) is 0 Å². The zero-order chi connectivity index (χ0) is 20.6. The zero-order valence-electron chi connectivity index (χ0n) is 18.9. The summed E-state index contributed by atoms with van der Waals surface area (Å²) in [6.07, 6.45) is -4.39. The van der Waals surface area contributed by atoms with Crippen molar-refractivity contribution >= 4 is 5.97 Å². The molecule has 0 amide bonds. The molecule has 2 rings (SSSR count). The van der Waals surface area contributed by atoms with E-state index in [-0.39, 0.29) is 201 Å². The van der Waals surface area contributed by atoms with Crippen molar-refractivity contribution in [2.75, 3.05) is 13.7 Å². The summed E-state index contributed by atoms with van der Waals surface area (Å²) in [5.41, 5.74) is -3.49. The second kappa shape index (κ2) is 16.8. The van der Waals surface area contributed by atoms with Gasteiger partial charge in [0.2, 0.25) is 0 Å².